The summed E-state index contributed by atoms with van der Waals surface area (Å²) in [6, 6.07) is 2.88. The van der Waals surface area contributed by atoms with Gasteiger partial charge in [0.25, 0.3) is 5.91 Å². The van der Waals surface area contributed by atoms with Crippen LogP contribution in [0.2, 0.25) is 0 Å². The Morgan fingerprint density at radius 3 is 3.06 bits per heavy atom. The number of carbonyl (C=O) groups is 1. The molecule has 0 aliphatic carbocycles. The summed E-state index contributed by atoms with van der Waals surface area (Å²) in [5.74, 6) is 0.224. The Morgan fingerprint density at radius 1 is 1.41 bits per heavy atom. The molecule has 0 saturated carbocycles. The predicted octanol–water partition coefficient (Wildman–Crippen LogP) is 2.10. The van der Waals surface area contributed by atoms with Crippen LogP contribution in [0.3, 0.4) is 0 Å². The first-order chi connectivity index (χ1) is 8.36. The van der Waals surface area contributed by atoms with E-state index in [1.807, 2.05) is 16.8 Å². The highest BCUT2D eigenvalue weighted by Crippen LogP contribution is 2.26. The summed E-state index contributed by atoms with van der Waals surface area (Å²) >= 11 is 1.60. The number of hydrogen-bond acceptors (Lipinski definition) is 3. The molecule has 0 spiro atoms. The fourth-order valence-corrected chi connectivity index (χ4v) is 3.68. The van der Waals surface area contributed by atoms with Gasteiger partial charge in [0.1, 0.15) is 0 Å². The molecule has 17 heavy (non-hydrogen) atoms. The van der Waals surface area contributed by atoms with E-state index in [4.69, 9.17) is 0 Å². The van der Waals surface area contributed by atoms with Crippen molar-refractivity contribution in [2.45, 2.75) is 37.8 Å². The summed E-state index contributed by atoms with van der Waals surface area (Å²) in [5, 5.41) is 7.47. The number of nitrogens with zero attached hydrogens (tertiary/aromatic N) is 1. The van der Waals surface area contributed by atoms with Crippen molar-refractivity contribution in [1.82, 2.24) is 10.2 Å². The molecule has 1 N–H and O–H groups in total. The number of nitrogens with one attached hydrogen (secondary N) is 1. The third-order valence-electron chi connectivity index (χ3n) is 3.89. The smallest absolute Gasteiger partial charge is 0.255 e. The van der Waals surface area contributed by atoms with Gasteiger partial charge in [0.15, 0.2) is 0 Å². The van der Waals surface area contributed by atoms with Crippen molar-refractivity contribution < 1.29 is 4.79 Å². The highest BCUT2D eigenvalue weighted by molar-refractivity contribution is 7.08. The monoisotopic (exact) mass is 250 g/mol. The van der Waals surface area contributed by atoms with Gasteiger partial charge in [-0.15, -0.1) is 0 Å². The Morgan fingerprint density at radius 2 is 2.35 bits per heavy atom. The van der Waals surface area contributed by atoms with E-state index >= 15 is 0 Å². The maximum atomic E-state index is 12.4. The first-order valence-corrected chi connectivity index (χ1v) is 7.37. The van der Waals surface area contributed by atoms with E-state index in [2.05, 4.69) is 10.2 Å². The second-order valence-corrected chi connectivity index (χ2v) is 5.70. The van der Waals surface area contributed by atoms with Gasteiger partial charge in [-0.1, -0.05) is 0 Å². The van der Waals surface area contributed by atoms with Gasteiger partial charge in [0.05, 0.1) is 5.56 Å². The lowest BCUT2D eigenvalue weighted by atomic mass is 10.0. The van der Waals surface area contributed by atoms with Crippen molar-refractivity contribution in [1.29, 1.82) is 0 Å². The van der Waals surface area contributed by atoms with Gasteiger partial charge in [-0.25, -0.2) is 0 Å². The molecular weight excluding hydrogens is 232 g/mol. The van der Waals surface area contributed by atoms with Crippen molar-refractivity contribution in [2.24, 2.45) is 0 Å². The van der Waals surface area contributed by atoms with Crippen molar-refractivity contribution >= 4 is 17.2 Å². The van der Waals surface area contributed by atoms with E-state index in [9.17, 15) is 4.79 Å². The van der Waals surface area contributed by atoms with Gasteiger partial charge in [0, 0.05) is 24.0 Å². The minimum Gasteiger partial charge on any atom is -0.334 e. The lowest BCUT2D eigenvalue weighted by Gasteiger charge is -2.29. The zero-order valence-corrected chi connectivity index (χ0v) is 10.7. The number of amides is 1. The van der Waals surface area contributed by atoms with Gasteiger partial charge < -0.3 is 10.2 Å². The first kappa shape index (κ1) is 11.2. The zero-order chi connectivity index (χ0) is 11.7. The normalized spacial score (nSPS) is 28.8. The van der Waals surface area contributed by atoms with E-state index in [1.165, 1.54) is 12.8 Å². The summed E-state index contributed by atoms with van der Waals surface area (Å²) in [7, 11) is 0. The maximum Gasteiger partial charge on any atom is 0.255 e. The second kappa shape index (κ2) is 4.78. The Kier molecular flexibility index (Phi) is 3.16. The molecule has 1 amide bonds. The summed E-state index contributed by atoms with van der Waals surface area (Å²) < 4.78 is 0. The Bertz CT molecular complexity index is 384. The van der Waals surface area contributed by atoms with Crippen LogP contribution in [0.25, 0.3) is 0 Å². The van der Waals surface area contributed by atoms with Crippen molar-refractivity contribution in [3.05, 3.63) is 22.4 Å². The Labute approximate surface area is 106 Å². The van der Waals surface area contributed by atoms with Crippen molar-refractivity contribution in [3.63, 3.8) is 0 Å². The third-order valence-corrected chi connectivity index (χ3v) is 4.57. The van der Waals surface area contributed by atoms with Crippen LogP contribution in [0.1, 0.15) is 36.0 Å². The highest BCUT2D eigenvalue weighted by Gasteiger charge is 2.36. The topological polar surface area (TPSA) is 32.3 Å². The molecule has 3 heterocycles. The summed E-state index contributed by atoms with van der Waals surface area (Å²) in [4.78, 5) is 14.5. The van der Waals surface area contributed by atoms with Crippen LogP contribution in [0.15, 0.2) is 16.8 Å². The maximum absolute atomic E-state index is 12.4. The minimum atomic E-state index is 0.224. The lowest BCUT2D eigenvalue weighted by molar-refractivity contribution is 0.0712. The van der Waals surface area contributed by atoms with Gasteiger partial charge in [-0.05, 0) is 43.7 Å². The standard InChI is InChI=1S/C13H18N2OS/c16-13(10-5-8-17-9-10)15-7-2-4-12(15)11-3-1-6-14-11/h5,8-9,11-12,14H,1-4,6-7H2. The van der Waals surface area contributed by atoms with Crippen LogP contribution in [0, 0.1) is 0 Å². The Balaban J connectivity index is 1.75. The molecule has 1 aromatic rings. The predicted molar refractivity (Wildman–Crippen MR) is 69.4 cm³/mol. The molecule has 4 heteroatoms. The molecule has 2 aliphatic heterocycles. The Hall–Kier alpha value is -0.870. The van der Waals surface area contributed by atoms with Gasteiger partial charge in [0.2, 0.25) is 0 Å². The minimum absolute atomic E-state index is 0.224. The zero-order valence-electron chi connectivity index (χ0n) is 9.89. The fourth-order valence-electron chi connectivity index (χ4n) is 3.05. The molecule has 2 fully saturated rings. The second-order valence-electron chi connectivity index (χ2n) is 4.92. The van der Waals surface area contributed by atoms with Crippen LogP contribution in [-0.4, -0.2) is 36.0 Å². The fraction of sp³-hybridized carbons (Fsp3) is 0.615. The van der Waals surface area contributed by atoms with Crippen LogP contribution >= 0.6 is 11.3 Å². The SMILES string of the molecule is O=C(c1ccsc1)N1CCCC1C1CCCN1. The van der Waals surface area contributed by atoms with E-state index in [0.29, 0.717) is 12.1 Å². The summed E-state index contributed by atoms with van der Waals surface area (Å²) in [6.07, 6.45) is 4.78. The molecule has 2 saturated heterocycles. The van der Waals surface area contributed by atoms with E-state index in [1.54, 1.807) is 11.3 Å². The van der Waals surface area contributed by atoms with Gasteiger partial charge in [-0.3, -0.25) is 4.79 Å². The third kappa shape index (κ3) is 2.11. The average molecular weight is 250 g/mol. The van der Waals surface area contributed by atoms with Crippen LogP contribution in [0.5, 0.6) is 0 Å². The largest absolute Gasteiger partial charge is 0.334 e. The molecule has 3 nitrogen and oxygen atoms in total. The molecule has 1 aromatic heterocycles. The van der Waals surface area contributed by atoms with Crippen molar-refractivity contribution in [3.8, 4) is 0 Å². The number of likely N-dealkylation sites (tertiary alicyclic amines) is 1. The number of carbonyl (C=O) groups excluding carboxylic acids is 1. The summed E-state index contributed by atoms with van der Waals surface area (Å²) in [6.45, 7) is 2.04. The van der Waals surface area contributed by atoms with Crippen LogP contribution in [0.4, 0.5) is 0 Å². The molecule has 0 radical (unpaired) electrons. The molecule has 92 valence electrons. The first-order valence-electron chi connectivity index (χ1n) is 6.43. The molecule has 2 unspecified atom stereocenters. The van der Waals surface area contributed by atoms with Crippen LogP contribution < -0.4 is 5.32 Å². The highest BCUT2D eigenvalue weighted by atomic mass is 32.1. The quantitative estimate of drug-likeness (QED) is 0.872. The van der Waals surface area contributed by atoms with Crippen LogP contribution in [-0.2, 0) is 0 Å². The van der Waals surface area contributed by atoms with Crippen molar-refractivity contribution in [2.75, 3.05) is 13.1 Å². The molecule has 2 atom stereocenters. The molecule has 2 aliphatic rings. The molecule has 0 aromatic carbocycles. The van der Waals surface area contributed by atoms with Gasteiger partial charge >= 0.3 is 0 Å². The molecule has 3 rings (SSSR count). The van der Waals surface area contributed by atoms with E-state index in [0.717, 1.165) is 31.5 Å². The molecule has 0 bridgehead atoms. The summed E-state index contributed by atoms with van der Waals surface area (Å²) in [5.41, 5.74) is 0.861. The average Bonchev–Trinajstić information content (AvgIpc) is 3.09. The lowest BCUT2D eigenvalue weighted by Crippen LogP contribution is -2.46. The number of rotatable bonds is 2. The number of thiophene rings is 1. The molecular formula is C13H18N2OS. The van der Waals surface area contributed by atoms with E-state index in [-0.39, 0.29) is 5.91 Å². The number of hydrogen-bond donors (Lipinski definition) is 1. The van der Waals surface area contributed by atoms with E-state index < -0.39 is 0 Å². The van der Waals surface area contributed by atoms with Gasteiger partial charge in [-0.2, -0.15) is 11.3 Å².